The van der Waals surface area contributed by atoms with E-state index in [0.717, 1.165) is 53.3 Å². The van der Waals surface area contributed by atoms with E-state index in [2.05, 4.69) is 32.2 Å². The number of nitrogens with one attached hydrogen (secondary N) is 1. The number of benzene rings is 2. The maximum absolute atomic E-state index is 13.2. The van der Waals surface area contributed by atoms with Gasteiger partial charge >= 0.3 is 0 Å². The molecule has 2 aromatic carbocycles. The zero-order chi connectivity index (χ0) is 25.7. The molecule has 2 atom stereocenters. The predicted molar refractivity (Wildman–Crippen MR) is 139 cm³/mol. The Morgan fingerprint density at radius 2 is 1.86 bits per heavy atom. The van der Waals surface area contributed by atoms with Gasteiger partial charge in [-0.3, -0.25) is 0 Å². The standard InChI is InChI=1S/C27H34N4O4S/c1-27(2,3)31-26(15-24(29-31)19-7-9-22(32)14-19)28-21-8-12-25-20(13-21)17-30(36(25,33)34)16-18-5-10-23(35-4)11-6-18/h5-6,8,10-13,15,19,22,28,32H,7,9,14,16-17H2,1-4H3/t19-,22+/m0/s1. The molecule has 9 heteroatoms. The number of methoxy groups -OCH3 is 1. The highest BCUT2D eigenvalue weighted by atomic mass is 32.2. The number of ether oxygens (including phenoxy) is 1. The number of fused-ring (bicyclic) bond motifs is 1. The lowest BCUT2D eigenvalue weighted by Crippen LogP contribution is -2.24. The van der Waals surface area contributed by atoms with E-state index in [0.29, 0.717) is 18.0 Å². The molecule has 1 saturated carbocycles. The van der Waals surface area contributed by atoms with Crippen LogP contribution in [0.4, 0.5) is 11.5 Å². The minimum absolute atomic E-state index is 0.243. The number of nitrogens with zero attached hydrogens (tertiary/aromatic N) is 3. The van der Waals surface area contributed by atoms with Gasteiger partial charge in [-0.15, -0.1) is 0 Å². The second-order valence-electron chi connectivity index (χ2n) is 10.8. The fourth-order valence-corrected chi connectivity index (χ4v) is 6.70. The number of hydrogen-bond acceptors (Lipinski definition) is 6. The van der Waals surface area contributed by atoms with Gasteiger partial charge in [-0.05, 0) is 81.5 Å². The zero-order valence-electron chi connectivity index (χ0n) is 21.2. The van der Waals surface area contributed by atoms with Crippen molar-refractivity contribution in [3.05, 3.63) is 65.4 Å². The molecular weight excluding hydrogens is 476 g/mol. The maximum atomic E-state index is 13.2. The Bertz CT molecular complexity index is 1360. The highest BCUT2D eigenvalue weighted by molar-refractivity contribution is 7.89. The van der Waals surface area contributed by atoms with Crippen molar-refractivity contribution in [2.24, 2.45) is 0 Å². The molecule has 1 fully saturated rings. The summed E-state index contributed by atoms with van der Waals surface area (Å²) >= 11 is 0. The van der Waals surface area contributed by atoms with Crippen molar-refractivity contribution in [1.82, 2.24) is 14.1 Å². The molecule has 0 spiro atoms. The molecule has 3 aromatic rings. The number of hydrogen-bond donors (Lipinski definition) is 2. The third kappa shape index (κ3) is 4.75. The van der Waals surface area contributed by atoms with Crippen LogP contribution in [0.15, 0.2) is 53.4 Å². The van der Waals surface area contributed by atoms with Crippen molar-refractivity contribution in [2.45, 2.75) is 75.6 Å². The van der Waals surface area contributed by atoms with E-state index in [1.807, 2.05) is 41.1 Å². The van der Waals surface area contributed by atoms with Crippen molar-refractivity contribution in [3.63, 3.8) is 0 Å². The van der Waals surface area contributed by atoms with Crippen LogP contribution in [-0.2, 0) is 28.7 Å². The lowest BCUT2D eigenvalue weighted by molar-refractivity contribution is 0.181. The van der Waals surface area contributed by atoms with E-state index < -0.39 is 10.0 Å². The molecular formula is C27H34N4O4S. The van der Waals surface area contributed by atoms with Gasteiger partial charge in [-0.25, -0.2) is 13.1 Å². The molecule has 1 aliphatic carbocycles. The Morgan fingerprint density at radius 3 is 2.50 bits per heavy atom. The highest BCUT2D eigenvalue weighted by Gasteiger charge is 2.35. The number of aliphatic hydroxyl groups is 1. The van der Waals surface area contributed by atoms with E-state index in [-0.39, 0.29) is 17.6 Å². The summed E-state index contributed by atoms with van der Waals surface area (Å²) in [5, 5.41) is 18.4. The second-order valence-corrected chi connectivity index (χ2v) is 12.7. The van der Waals surface area contributed by atoms with Crippen molar-refractivity contribution in [2.75, 3.05) is 12.4 Å². The first-order valence-electron chi connectivity index (χ1n) is 12.4. The summed E-state index contributed by atoms with van der Waals surface area (Å²) in [7, 11) is -1.95. The highest BCUT2D eigenvalue weighted by Crippen LogP contribution is 2.38. The van der Waals surface area contributed by atoms with E-state index in [1.54, 1.807) is 13.2 Å². The molecule has 2 N–H and O–H groups in total. The van der Waals surface area contributed by atoms with Crippen LogP contribution >= 0.6 is 0 Å². The van der Waals surface area contributed by atoms with Crippen molar-refractivity contribution in [3.8, 4) is 5.75 Å². The number of rotatable bonds is 6. The number of aliphatic hydroxyl groups excluding tert-OH is 1. The Labute approximate surface area is 212 Å². The van der Waals surface area contributed by atoms with Crippen LogP contribution in [0.25, 0.3) is 0 Å². The minimum atomic E-state index is -3.56. The lowest BCUT2D eigenvalue weighted by Gasteiger charge is -2.23. The van der Waals surface area contributed by atoms with Crippen LogP contribution in [-0.4, -0.2) is 40.8 Å². The van der Waals surface area contributed by atoms with Gasteiger partial charge in [0.2, 0.25) is 10.0 Å². The van der Waals surface area contributed by atoms with Crippen molar-refractivity contribution >= 4 is 21.5 Å². The lowest BCUT2D eigenvalue weighted by atomic mass is 10.0. The molecule has 1 aliphatic heterocycles. The Hall–Kier alpha value is -2.88. The quantitative estimate of drug-likeness (QED) is 0.498. The van der Waals surface area contributed by atoms with Gasteiger partial charge in [0.25, 0.3) is 0 Å². The van der Waals surface area contributed by atoms with Crippen LogP contribution in [0.3, 0.4) is 0 Å². The largest absolute Gasteiger partial charge is 0.497 e. The fraction of sp³-hybridized carbons (Fsp3) is 0.444. The summed E-state index contributed by atoms with van der Waals surface area (Å²) < 4.78 is 35.1. The first-order valence-corrected chi connectivity index (χ1v) is 13.8. The van der Waals surface area contributed by atoms with Crippen LogP contribution in [0, 0.1) is 0 Å². The van der Waals surface area contributed by atoms with E-state index in [4.69, 9.17) is 9.84 Å². The van der Waals surface area contributed by atoms with Gasteiger partial charge < -0.3 is 15.2 Å². The van der Waals surface area contributed by atoms with Crippen LogP contribution in [0.2, 0.25) is 0 Å². The van der Waals surface area contributed by atoms with Gasteiger partial charge in [0.05, 0.1) is 29.3 Å². The molecule has 5 rings (SSSR count). The Balaban J connectivity index is 1.39. The Morgan fingerprint density at radius 1 is 1.11 bits per heavy atom. The summed E-state index contributed by atoms with van der Waals surface area (Å²) in [4.78, 5) is 0.353. The minimum Gasteiger partial charge on any atom is -0.497 e. The SMILES string of the molecule is COc1ccc(CN2Cc3cc(Nc4cc([C@H]5CC[C@@H](O)C5)nn4C(C)(C)C)ccc3S2(=O)=O)cc1. The third-order valence-corrected chi connectivity index (χ3v) is 8.89. The molecule has 2 aliphatic rings. The van der Waals surface area contributed by atoms with E-state index >= 15 is 0 Å². The van der Waals surface area contributed by atoms with Crippen molar-refractivity contribution in [1.29, 1.82) is 0 Å². The van der Waals surface area contributed by atoms with E-state index in [9.17, 15) is 13.5 Å². The molecule has 0 saturated heterocycles. The summed E-state index contributed by atoms with van der Waals surface area (Å²) in [6.07, 6.45) is 2.22. The topological polar surface area (TPSA) is 96.7 Å². The molecule has 0 bridgehead atoms. The molecule has 1 aromatic heterocycles. The van der Waals surface area contributed by atoms with Crippen LogP contribution < -0.4 is 10.1 Å². The van der Waals surface area contributed by atoms with Gasteiger partial charge in [-0.1, -0.05) is 12.1 Å². The average Bonchev–Trinajstić information content (AvgIpc) is 3.50. The van der Waals surface area contributed by atoms with Crippen molar-refractivity contribution < 1.29 is 18.3 Å². The number of sulfonamides is 1. The van der Waals surface area contributed by atoms with E-state index in [1.165, 1.54) is 4.31 Å². The normalized spacial score (nSPS) is 21.5. The molecule has 0 radical (unpaired) electrons. The molecule has 0 unspecified atom stereocenters. The zero-order valence-corrected chi connectivity index (χ0v) is 22.0. The van der Waals surface area contributed by atoms with Crippen LogP contribution in [0.5, 0.6) is 5.75 Å². The second kappa shape index (κ2) is 9.21. The average molecular weight is 511 g/mol. The number of aromatic nitrogens is 2. The maximum Gasteiger partial charge on any atom is 0.244 e. The first-order chi connectivity index (χ1) is 17.0. The van der Waals surface area contributed by atoms with Gasteiger partial charge in [-0.2, -0.15) is 9.40 Å². The summed E-state index contributed by atoms with van der Waals surface area (Å²) in [6, 6.07) is 14.9. The monoisotopic (exact) mass is 510 g/mol. The first kappa shape index (κ1) is 24.8. The fourth-order valence-electron chi connectivity index (χ4n) is 5.10. The van der Waals surface area contributed by atoms with Gasteiger partial charge in [0.15, 0.2) is 0 Å². The van der Waals surface area contributed by atoms with Gasteiger partial charge in [0.1, 0.15) is 11.6 Å². The predicted octanol–water partition coefficient (Wildman–Crippen LogP) is 4.72. The summed E-state index contributed by atoms with van der Waals surface area (Å²) in [5.41, 5.74) is 3.24. The Kier molecular flexibility index (Phi) is 6.34. The molecule has 2 heterocycles. The summed E-state index contributed by atoms with van der Waals surface area (Å²) in [5.74, 6) is 1.85. The van der Waals surface area contributed by atoms with Crippen LogP contribution in [0.1, 0.15) is 62.8 Å². The third-order valence-electron chi connectivity index (χ3n) is 7.00. The summed E-state index contributed by atoms with van der Waals surface area (Å²) in [6.45, 7) is 6.93. The molecule has 36 heavy (non-hydrogen) atoms. The number of anilines is 2. The smallest absolute Gasteiger partial charge is 0.244 e. The molecule has 192 valence electrons. The molecule has 8 nitrogen and oxygen atoms in total. The van der Waals surface area contributed by atoms with Gasteiger partial charge in [0, 0.05) is 30.8 Å². The molecule has 0 amide bonds.